The van der Waals surface area contributed by atoms with Crippen LogP contribution in [0, 0.1) is 6.92 Å². The Balaban J connectivity index is 1.97. The molecule has 1 atom stereocenters. The first-order chi connectivity index (χ1) is 7.68. The molecule has 1 unspecified atom stereocenters. The van der Waals surface area contributed by atoms with Gasteiger partial charge in [-0.25, -0.2) is 4.98 Å². The highest BCUT2D eigenvalue weighted by Gasteiger charge is 2.10. The minimum atomic E-state index is 0.128. The molecule has 0 bridgehead atoms. The molecule has 3 nitrogen and oxygen atoms in total. The van der Waals surface area contributed by atoms with Crippen molar-refractivity contribution >= 4 is 11.3 Å². The highest BCUT2D eigenvalue weighted by Crippen LogP contribution is 2.23. The number of imidazole rings is 1. The molecule has 2 heterocycles. The second kappa shape index (κ2) is 4.80. The average Bonchev–Trinajstić information content (AvgIpc) is 2.84. The van der Waals surface area contributed by atoms with E-state index in [9.17, 15) is 0 Å². The third-order valence-corrected chi connectivity index (χ3v) is 3.77. The fourth-order valence-corrected chi connectivity index (χ4v) is 2.74. The molecule has 16 heavy (non-hydrogen) atoms. The van der Waals surface area contributed by atoms with Crippen molar-refractivity contribution in [1.29, 1.82) is 0 Å². The van der Waals surface area contributed by atoms with Gasteiger partial charge in [0.25, 0.3) is 0 Å². The third-order valence-electron chi connectivity index (χ3n) is 2.89. The van der Waals surface area contributed by atoms with E-state index in [1.165, 1.54) is 11.1 Å². The summed E-state index contributed by atoms with van der Waals surface area (Å²) >= 11 is 1.72. The van der Waals surface area contributed by atoms with Crippen molar-refractivity contribution in [3.8, 4) is 0 Å². The van der Waals surface area contributed by atoms with Crippen molar-refractivity contribution in [2.75, 3.05) is 0 Å². The van der Waals surface area contributed by atoms with Crippen molar-refractivity contribution in [2.24, 2.45) is 12.8 Å². The van der Waals surface area contributed by atoms with Gasteiger partial charge in [-0.3, -0.25) is 0 Å². The highest BCUT2D eigenvalue weighted by molar-refractivity contribution is 7.08. The predicted molar refractivity (Wildman–Crippen MR) is 67.5 cm³/mol. The number of rotatable bonds is 4. The van der Waals surface area contributed by atoms with Gasteiger partial charge in [-0.1, -0.05) is 0 Å². The van der Waals surface area contributed by atoms with Crippen LogP contribution in [-0.2, 0) is 13.5 Å². The Labute approximate surface area is 99.9 Å². The summed E-state index contributed by atoms with van der Waals surface area (Å²) in [4.78, 5) is 4.30. The Bertz CT molecular complexity index is 458. The van der Waals surface area contributed by atoms with Crippen molar-refractivity contribution in [1.82, 2.24) is 9.55 Å². The Hall–Kier alpha value is -1.13. The molecule has 2 aromatic heterocycles. The van der Waals surface area contributed by atoms with Crippen LogP contribution < -0.4 is 5.73 Å². The van der Waals surface area contributed by atoms with Gasteiger partial charge >= 0.3 is 0 Å². The average molecular weight is 235 g/mol. The summed E-state index contributed by atoms with van der Waals surface area (Å²) in [5.41, 5.74) is 8.76. The normalized spacial score (nSPS) is 12.9. The van der Waals surface area contributed by atoms with E-state index >= 15 is 0 Å². The van der Waals surface area contributed by atoms with Crippen LogP contribution in [-0.4, -0.2) is 9.55 Å². The number of aromatic nitrogens is 2. The van der Waals surface area contributed by atoms with Crippen molar-refractivity contribution < 1.29 is 0 Å². The third kappa shape index (κ3) is 2.33. The summed E-state index contributed by atoms with van der Waals surface area (Å²) < 4.78 is 2.05. The first kappa shape index (κ1) is 11.4. The number of hydrogen-bond acceptors (Lipinski definition) is 3. The fourth-order valence-electron chi connectivity index (χ4n) is 1.83. The maximum Gasteiger partial charge on any atom is 0.108 e. The Kier molecular flexibility index (Phi) is 3.41. The Morgan fingerprint density at radius 2 is 2.31 bits per heavy atom. The second-order valence-electron chi connectivity index (χ2n) is 4.11. The van der Waals surface area contributed by atoms with Crippen LogP contribution in [0.3, 0.4) is 0 Å². The maximum absolute atomic E-state index is 6.18. The van der Waals surface area contributed by atoms with Gasteiger partial charge in [0, 0.05) is 31.9 Å². The number of hydrogen-bond donors (Lipinski definition) is 1. The Morgan fingerprint density at radius 3 is 2.88 bits per heavy atom. The van der Waals surface area contributed by atoms with E-state index < -0.39 is 0 Å². The zero-order valence-electron chi connectivity index (χ0n) is 9.68. The maximum atomic E-state index is 6.18. The van der Waals surface area contributed by atoms with Crippen LogP contribution in [0.5, 0.6) is 0 Å². The minimum absolute atomic E-state index is 0.128. The minimum Gasteiger partial charge on any atom is -0.338 e. The first-order valence-electron chi connectivity index (χ1n) is 5.43. The van der Waals surface area contributed by atoms with Crippen molar-refractivity contribution in [3.63, 3.8) is 0 Å². The van der Waals surface area contributed by atoms with Crippen LogP contribution in [0.15, 0.2) is 23.2 Å². The van der Waals surface area contributed by atoms with E-state index in [2.05, 4.69) is 22.7 Å². The number of nitrogens with zero attached hydrogens (tertiary/aromatic N) is 2. The van der Waals surface area contributed by atoms with Gasteiger partial charge in [0.1, 0.15) is 5.82 Å². The van der Waals surface area contributed by atoms with Gasteiger partial charge in [0.05, 0.1) is 0 Å². The van der Waals surface area contributed by atoms with Gasteiger partial charge in [0.2, 0.25) is 0 Å². The monoisotopic (exact) mass is 235 g/mol. The number of nitrogens with two attached hydrogens (primary N) is 1. The molecule has 0 aliphatic heterocycles. The zero-order valence-corrected chi connectivity index (χ0v) is 10.5. The van der Waals surface area contributed by atoms with E-state index in [4.69, 9.17) is 5.73 Å². The van der Waals surface area contributed by atoms with E-state index in [0.717, 1.165) is 18.7 Å². The van der Waals surface area contributed by atoms with Crippen LogP contribution in [0.25, 0.3) is 0 Å². The predicted octanol–water partition coefficient (Wildman–Crippen LogP) is 2.42. The van der Waals surface area contributed by atoms with Gasteiger partial charge in [-0.2, -0.15) is 11.3 Å². The molecule has 0 aliphatic carbocycles. The summed E-state index contributed by atoms with van der Waals surface area (Å²) in [6.45, 7) is 2.12. The van der Waals surface area contributed by atoms with Crippen LogP contribution in [0.4, 0.5) is 0 Å². The summed E-state index contributed by atoms with van der Waals surface area (Å²) in [6.07, 6.45) is 5.68. The van der Waals surface area contributed by atoms with Crippen LogP contribution >= 0.6 is 11.3 Å². The number of aryl methyl sites for hydroxylation is 3. The Morgan fingerprint density at radius 1 is 1.50 bits per heavy atom. The molecule has 0 saturated carbocycles. The largest absolute Gasteiger partial charge is 0.338 e. The quantitative estimate of drug-likeness (QED) is 0.884. The lowest BCUT2D eigenvalue weighted by atomic mass is 10.0. The van der Waals surface area contributed by atoms with E-state index in [1.807, 2.05) is 24.0 Å². The molecule has 0 saturated heterocycles. The van der Waals surface area contributed by atoms with Gasteiger partial charge in [-0.15, -0.1) is 0 Å². The van der Waals surface area contributed by atoms with Gasteiger partial charge in [-0.05, 0) is 35.2 Å². The van der Waals surface area contributed by atoms with E-state index in [0.29, 0.717) is 0 Å². The lowest BCUT2D eigenvalue weighted by molar-refractivity contribution is 0.620. The smallest absolute Gasteiger partial charge is 0.108 e. The molecule has 0 radical (unpaired) electrons. The van der Waals surface area contributed by atoms with Gasteiger partial charge < -0.3 is 10.3 Å². The zero-order chi connectivity index (χ0) is 11.5. The summed E-state index contributed by atoms with van der Waals surface area (Å²) in [7, 11) is 2.02. The molecule has 0 aliphatic rings. The highest BCUT2D eigenvalue weighted by atomic mass is 32.1. The molecule has 0 fully saturated rings. The molecule has 4 heteroatoms. The number of thiophene rings is 1. The second-order valence-corrected chi connectivity index (χ2v) is 4.85. The molecule has 0 spiro atoms. The lowest BCUT2D eigenvalue weighted by Crippen LogP contribution is -2.12. The molecule has 86 valence electrons. The van der Waals surface area contributed by atoms with Crippen molar-refractivity contribution in [2.45, 2.75) is 25.8 Å². The summed E-state index contributed by atoms with van der Waals surface area (Å²) in [5, 5.41) is 4.30. The van der Waals surface area contributed by atoms with E-state index in [1.54, 1.807) is 11.3 Å². The molecule has 2 N–H and O–H groups in total. The van der Waals surface area contributed by atoms with E-state index in [-0.39, 0.29) is 6.04 Å². The van der Waals surface area contributed by atoms with Crippen LogP contribution in [0.1, 0.15) is 29.4 Å². The summed E-state index contributed by atoms with van der Waals surface area (Å²) in [5.74, 6) is 1.10. The molecule has 0 amide bonds. The van der Waals surface area contributed by atoms with Gasteiger partial charge in [0.15, 0.2) is 0 Å². The van der Waals surface area contributed by atoms with Crippen LogP contribution in [0.2, 0.25) is 0 Å². The molecular formula is C12H17N3S. The molecule has 2 rings (SSSR count). The molecule has 0 aromatic carbocycles. The lowest BCUT2D eigenvalue weighted by Gasteiger charge is -2.11. The standard InChI is InChI=1S/C12H17N3S/c1-9-7-16-8-10(9)11(13)3-4-12-14-5-6-15(12)2/h5-8,11H,3-4,13H2,1-2H3. The topological polar surface area (TPSA) is 43.8 Å². The fraction of sp³-hybridized carbons (Fsp3) is 0.417. The SMILES string of the molecule is Cc1cscc1C(N)CCc1nccn1C. The molecular weight excluding hydrogens is 218 g/mol. The first-order valence-corrected chi connectivity index (χ1v) is 6.37. The molecule has 2 aromatic rings. The summed E-state index contributed by atoms with van der Waals surface area (Å²) in [6, 6.07) is 0.128. The van der Waals surface area contributed by atoms with Crippen molar-refractivity contribution in [3.05, 3.63) is 40.1 Å².